The maximum Gasteiger partial charge on any atom is 0.254 e. The van der Waals surface area contributed by atoms with Gasteiger partial charge in [0, 0.05) is 18.8 Å². The Labute approximate surface area is 121 Å². The number of carbonyl (C=O) groups excluding carboxylic acids is 1. The van der Waals surface area contributed by atoms with Crippen LogP contribution < -0.4 is 5.32 Å². The van der Waals surface area contributed by atoms with Crippen LogP contribution in [0.3, 0.4) is 0 Å². The van der Waals surface area contributed by atoms with Crippen LogP contribution in [0.25, 0.3) is 0 Å². The molecule has 1 heterocycles. The Morgan fingerprint density at radius 2 is 2.15 bits per heavy atom. The fourth-order valence-corrected chi connectivity index (χ4v) is 2.70. The third kappa shape index (κ3) is 2.28. The van der Waals surface area contributed by atoms with Gasteiger partial charge in [-0.15, -0.1) is 0 Å². The summed E-state index contributed by atoms with van der Waals surface area (Å²) in [5.74, 6) is -0.330. The van der Waals surface area contributed by atoms with Crippen molar-refractivity contribution < 1.29 is 9.90 Å². The highest BCUT2D eigenvalue weighted by Gasteiger charge is 2.32. The second-order valence-electron chi connectivity index (χ2n) is 4.78. The number of aliphatic hydroxyl groups is 1. The Balaban J connectivity index is 1.85. The Bertz CT molecular complexity index is 660. The Morgan fingerprint density at radius 1 is 1.35 bits per heavy atom. The van der Waals surface area contributed by atoms with Gasteiger partial charge in [-0.1, -0.05) is 35.9 Å². The van der Waals surface area contributed by atoms with Crippen LogP contribution >= 0.6 is 11.6 Å². The molecular formula is C15H13ClN2O2. The van der Waals surface area contributed by atoms with E-state index in [1.807, 2.05) is 24.3 Å². The molecule has 1 aromatic heterocycles. The number of benzene rings is 1. The number of fused-ring (bicyclic) bond motifs is 1. The van der Waals surface area contributed by atoms with Gasteiger partial charge in [-0.3, -0.25) is 9.78 Å². The Hall–Kier alpha value is -1.91. The van der Waals surface area contributed by atoms with Crippen LogP contribution in [0.15, 0.2) is 42.7 Å². The van der Waals surface area contributed by atoms with Crippen molar-refractivity contribution in [3.63, 3.8) is 0 Å². The van der Waals surface area contributed by atoms with Gasteiger partial charge < -0.3 is 10.4 Å². The number of nitrogens with zero attached hydrogens (tertiary/aromatic N) is 1. The van der Waals surface area contributed by atoms with Crippen molar-refractivity contribution in [2.24, 2.45) is 0 Å². The van der Waals surface area contributed by atoms with Crippen LogP contribution in [0, 0.1) is 0 Å². The van der Waals surface area contributed by atoms with Crippen LogP contribution in [0.5, 0.6) is 0 Å². The summed E-state index contributed by atoms with van der Waals surface area (Å²) < 4.78 is 0. The third-order valence-electron chi connectivity index (χ3n) is 3.50. The lowest BCUT2D eigenvalue weighted by Crippen LogP contribution is -2.34. The molecule has 0 aliphatic heterocycles. The summed E-state index contributed by atoms with van der Waals surface area (Å²) in [6, 6.07) is 8.86. The predicted molar refractivity (Wildman–Crippen MR) is 75.6 cm³/mol. The average molecular weight is 289 g/mol. The summed E-state index contributed by atoms with van der Waals surface area (Å²) in [5, 5.41) is 13.3. The lowest BCUT2D eigenvalue weighted by Gasteiger charge is -2.18. The SMILES string of the molecule is O=C(N[C@@H]1c2ccccc2C[C@@H]1O)c1cnccc1Cl. The van der Waals surface area contributed by atoms with E-state index < -0.39 is 12.1 Å². The molecule has 0 spiro atoms. The zero-order valence-corrected chi connectivity index (χ0v) is 11.3. The number of amides is 1. The molecule has 0 radical (unpaired) electrons. The van der Waals surface area contributed by atoms with Crippen molar-refractivity contribution in [3.8, 4) is 0 Å². The van der Waals surface area contributed by atoms with E-state index in [-0.39, 0.29) is 5.91 Å². The Morgan fingerprint density at radius 3 is 2.95 bits per heavy atom. The number of pyridine rings is 1. The van der Waals surface area contributed by atoms with Gasteiger partial charge in [-0.2, -0.15) is 0 Å². The fraction of sp³-hybridized carbons (Fsp3) is 0.200. The highest BCUT2D eigenvalue weighted by Crippen LogP contribution is 2.31. The molecule has 20 heavy (non-hydrogen) atoms. The van der Waals surface area contributed by atoms with Crippen LogP contribution in [0.1, 0.15) is 27.5 Å². The van der Waals surface area contributed by atoms with E-state index in [1.54, 1.807) is 6.07 Å². The standard InChI is InChI=1S/C15H13ClN2O2/c16-12-5-6-17-8-11(12)15(20)18-14-10-4-2-1-3-9(10)7-13(14)19/h1-6,8,13-14,19H,7H2,(H,18,20)/t13-,14+/m0/s1. The second kappa shape index (κ2) is 5.23. The molecular weight excluding hydrogens is 276 g/mol. The molecule has 1 aliphatic carbocycles. The summed E-state index contributed by atoms with van der Waals surface area (Å²) >= 11 is 5.98. The van der Waals surface area contributed by atoms with Gasteiger partial charge >= 0.3 is 0 Å². The summed E-state index contributed by atoms with van der Waals surface area (Å²) in [6.07, 6.45) is 2.87. The van der Waals surface area contributed by atoms with Crippen molar-refractivity contribution in [1.29, 1.82) is 0 Å². The highest BCUT2D eigenvalue weighted by atomic mass is 35.5. The lowest BCUT2D eigenvalue weighted by molar-refractivity contribution is 0.0858. The zero-order chi connectivity index (χ0) is 14.1. The molecule has 5 heteroatoms. The van der Waals surface area contributed by atoms with Gasteiger partial charge in [0.2, 0.25) is 0 Å². The summed E-state index contributed by atoms with van der Waals surface area (Å²) in [5.41, 5.74) is 2.32. The summed E-state index contributed by atoms with van der Waals surface area (Å²) in [6.45, 7) is 0. The molecule has 0 bridgehead atoms. The normalized spacial score (nSPS) is 20.5. The van der Waals surface area contributed by atoms with Crippen molar-refractivity contribution in [2.45, 2.75) is 18.6 Å². The van der Waals surface area contributed by atoms with Gasteiger partial charge in [-0.25, -0.2) is 0 Å². The van der Waals surface area contributed by atoms with E-state index in [2.05, 4.69) is 10.3 Å². The topological polar surface area (TPSA) is 62.2 Å². The minimum absolute atomic E-state index is 0.311. The van der Waals surface area contributed by atoms with E-state index in [1.165, 1.54) is 12.4 Å². The Kier molecular flexibility index (Phi) is 3.42. The number of halogens is 1. The van der Waals surface area contributed by atoms with Crippen LogP contribution in [0.2, 0.25) is 5.02 Å². The summed E-state index contributed by atoms with van der Waals surface area (Å²) in [4.78, 5) is 16.1. The predicted octanol–water partition coefficient (Wildman–Crippen LogP) is 2.12. The van der Waals surface area contributed by atoms with Crippen LogP contribution in [-0.2, 0) is 6.42 Å². The monoisotopic (exact) mass is 288 g/mol. The third-order valence-corrected chi connectivity index (χ3v) is 3.83. The van der Waals surface area contributed by atoms with Crippen LogP contribution in [-0.4, -0.2) is 22.1 Å². The number of aromatic nitrogens is 1. The number of aliphatic hydroxyl groups excluding tert-OH is 1. The molecule has 0 saturated carbocycles. The van der Waals surface area contributed by atoms with Crippen molar-refractivity contribution in [3.05, 3.63) is 64.4 Å². The first-order valence-electron chi connectivity index (χ1n) is 6.33. The fourth-order valence-electron chi connectivity index (χ4n) is 2.51. The van der Waals surface area contributed by atoms with Crippen LogP contribution in [0.4, 0.5) is 0 Å². The van der Waals surface area contributed by atoms with E-state index >= 15 is 0 Å². The molecule has 0 unspecified atom stereocenters. The molecule has 2 aromatic rings. The first-order chi connectivity index (χ1) is 9.66. The summed E-state index contributed by atoms with van der Waals surface area (Å²) in [7, 11) is 0. The molecule has 0 saturated heterocycles. The van der Waals surface area contributed by atoms with E-state index in [0.717, 1.165) is 11.1 Å². The molecule has 4 nitrogen and oxygen atoms in total. The quantitative estimate of drug-likeness (QED) is 0.890. The molecule has 1 aliphatic rings. The van der Waals surface area contributed by atoms with Gasteiger partial charge in [0.15, 0.2) is 0 Å². The molecule has 3 rings (SSSR count). The molecule has 1 amide bonds. The minimum atomic E-state index is -0.619. The van der Waals surface area contributed by atoms with Gasteiger partial charge in [0.25, 0.3) is 5.91 Å². The molecule has 2 atom stereocenters. The number of rotatable bonds is 2. The molecule has 2 N–H and O–H groups in total. The number of nitrogens with one attached hydrogen (secondary N) is 1. The van der Waals surface area contributed by atoms with E-state index in [0.29, 0.717) is 17.0 Å². The molecule has 0 fully saturated rings. The number of hydrogen-bond acceptors (Lipinski definition) is 3. The van der Waals surface area contributed by atoms with Crippen molar-refractivity contribution in [1.82, 2.24) is 10.3 Å². The van der Waals surface area contributed by atoms with E-state index in [9.17, 15) is 9.90 Å². The smallest absolute Gasteiger partial charge is 0.254 e. The number of hydrogen-bond donors (Lipinski definition) is 2. The first-order valence-corrected chi connectivity index (χ1v) is 6.71. The van der Waals surface area contributed by atoms with Gasteiger partial charge in [0.05, 0.1) is 22.7 Å². The molecule has 102 valence electrons. The second-order valence-corrected chi connectivity index (χ2v) is 5.18. The highest BCUT2D eigenvalue weighted by molar-refractivity contribution is 6.33. The van der Waals surface area contributed by atoms with Crippen molar-refractivity contribution >= 4 is 17.5 Å². The van der Waals surface area contributed by atoms with Crippen molar-refractivity contribution in [2.75, 3.05) is 0 Å². The van der Waals surface area contributed by atoms with E-state index in [4.69, 9.17) is 11.6 Å². The van der Waals surface area contributed by atoms with Gasteiger partial charge in [-0.05, 0) is 17.2 Å². The maximum absolute atomic E-state index is 12.2. The largest absolute Gasteiger partial charge is 0.390 e. The maximum atomic E-state index is 12.2. The lowest BCUT2D eigenvalue weighted by atomic mass is 10.1. The average Bonchev–Trinajstić information content (AvgIpc) is 2.76. The minimum Gasteiger partial charge on any atom is -0.390 e. The zero-order valence-electron chi connectivity index (χ0n) is 10.6. The number of carbonyl (C=O) groups is 1. The molecule has 1 aromatic carbocycles. The van der Waals surface area contributed by atoms with Gasteiger partial charge in [0.1, 0.15) is 0 Å². The first kappa shape index (κ1) is 13.1.